The van der Waals surface area contributed by atoms with Crippen molar-refractivity contribution in [2.75, 3.05) is 6.61 Å². The second-order valence-corrected chi connectivity index (χ2v) is 17.7. The molecule has 16 nitrogen and oxygen atoms in total. The number of fused-ring (bicyclic) bond motifs is 5. The Bertz CT molecular complexity index is 1930. The summed E-state index contributed by atoms with van der Waals surface area (Å²) < 4.78 is 62.9. The number of rotatable bonds is 9. The summed E-state index contributed by atoms with van der Waals surface area (Å²) in [6, 6.07) is 3.00. The van der Waals surface area contributed by atoms with E-state index in [-0.39, 0.29) is 28.2 Å². The van der Waals surface area contributed by atoms with Crippen molar-refractivity contribution in [1.82, 2.24) is 5.32 Å². The van der Waals surface area contributed by atoms with E-state index in [1.54, 1.807) is 5.32 Å². The Hall–Kier alpha value is -4.23. The third-order valence-corrected chi connectivity index (χ3v) is 12.3. The van der Waals surface area contributed by atoms with Crippen LogP contribution in [0.1, 0.15) is 85.5 Å². The zero-order chi connectivity index (χ0) is 44.4. The van der Waals surface area contributed by atoms with Gasteiger partial charge in [0.2, 0.25) is 0 Å². The SMILES string of the molecule is CC(=O)O[C@H]1C(=O)[C@@]2(C)[C@H]([C@H](OC(=O)c3cccc(Cl)c3)[C@]3(O)C[C@H](OC(=O)[C@H](O)[C@@H](NC(=O)OC(C)(C)C)C(F)F)C(C)=C1C3(C)C)[C@]1(OC(C)=O)CO[C@@H]1C[C@@H]2O. The molecule has 1 heterocycles. The molecule has 0 aromatic heterocycles. The third kappa shape index (κ3) is 8.05. The number of nitrogens with one attached hydrogen (secondary N) is 1. The molecule has 1 amide bonds. The quantitative estimate of drug-likeness (QED) is 0.159. The maximum absolute atomic E-state index is 15.3. The number of aliphatic hydroxyl groups is 3. The average molecular weight is 858 g/mol. The van der Waals surface area contributed by atoms with Crippen LogP contribution in [0.5, 0.6) is 0 Å². The summed E-state index contributed by atoms with van der Waals surface area (Å²) >= 11 is 6.20. The third-order valence-electron chi connectivity index (χ3n) is 12.0. The monoisotopic (exact) mass is 857 g/mol. The van der Waals surface area contributed by atoms with Crippen LogP contribution in [-0.2, 0) is 47.6 Å². The number of benzene rings is 1. The molecule has 326 valence electrons. The van der Waals surface area contributed by atoms with Gasteiger partial charge in [0, 0.05) is 37.1 Å². The van der Waals surface area contributed by atoms with Crippen molar-refractivity contribution in [1.29, 1.82) is 0 Å². The number of amides is 1. The fourth-order valence-corrected chi connectivity index (χ4v) is 9.33. The van der Waals surface area contributed by atoms with Gasteiger partial charge < -0.3 is 49.1 Å². The van der Waals surface area contributed by atoms with Crippen molar-refractivity contribution in [3.63, 3.8) is 0 Å². The van der Waals surface area contributed by atoms with Crippen LogP contribution in [0.25, 0.3) is 0 Å². The molecule has 4 N–H and O–H groups in total. The lowest BCUT2D eigenvalue weighted by Crippen LogP contribution is -2.82. The van der Waals surface area contributed by atoms with Crippen molar-refractivity contribution >= 4 is 47.4 Å². The number of aliphatic hydroxyl groups excluding tert-OH is 2. The number of Topliss-reactive ketones (excluding diaryl/α,β-unsaturated/α-hetero) is 1. The first kappa shape index (κ1) is 45.8. The summed E-state index contributed by atoms with van der Waals surface area (Å²) in [4.78, 5) is 81.3. The fraction of sp³-hybridized carbons (Fsp3) is 0.650. The number of alkyl halides is 2. The molecule has 4 aliphatic rings. The predicted octanol–water partition coefficient (Wildman–Crippen LogP) is 3.38. The van der Waals surface area contributed by atoms with Crippen LogP contribution in [0.15, 0.2) is 35.4 Å². The van der Waals surface area contributed by atoms with Crippen LogP contribution in [-0.4, -0.2) is 124 Å². The topological polar surface area (TPSA) is 231 Å². The molecular weight excluding hydrogens is 808 g/mol. The molecule has 1 aromatic carbocycles. The molecule has 1 saturated heterocycles. The van der Waals surface area contributed by atoms with E-state index in [4.69, 9.17) is 40.0 Å². The van der Waals surface area contributed by atoms with E-state index in [1.165, 1.54) is 72.7 Å². The van der Waals surface area contributed by atoms with Gasteiger partial charge in [0.05, 0.1) is 29.6 Å². The number of halogens is 3. The van der Waals surface area contributed by atoms with E-state index in [0.29, 0.717) is 0 Å². The first-order valence-corrected chi connectivity index (χ1v) is 19.3. The van der Waals surface area contributed by atoms with E-state index in [1.807, 2.05) is 0 Å². The van der Waals surface area contributed by atoms with E-state index in [9.17, 15) is 48.1 Å². The van der Waals surface area contributed by atoms with Crippen molar-refractivity contribution in [3.8, 4) is 0 Å². The van der Waals surface area contributed by atoms with Crippen LogP contribution in [0.3, 0.4) is 0 Å². The van der Waals surface area contributed by atoms with Crippen molar-refractivity contribution in [2.45, 2.75) is 141 Å². The summed E-state index contributed by atoms with van der Waals surface area (Å²) in [5, 5.41) is 38.2. The molecule has 59 heavy (non-hydrogen) atoms. The number of alkyl carbamates (subject to hydrolysis) is 1. The van der Waals surface area contributed by atoms with Crippen LogP contribution in [0, 0.1) is 16.7 Å². The molecule has 0 spiro atoms. The first-order valence-electron chi connectivity index (χ1n) is 18.9. The zero-order valence-corrected chi connectivity index (χ0v) is 34.8. The highest BCUT2D eigenvalue weighted by atomic mass is 35.5. The fourth-order valence-electron chi connectivity index (χ4n) is 9.14. The second kappa shape index (κ2) is 16.0. The molecule has 3 aliphatic carbocycles. The van der Waals surface area contributed by atoms with Gasteiger partial charge in [0.15, 0.2) is 23.6 Å². The summed E-state index contributed by atoms with van der Waals surface area (Å²) in [5.74, 6) is -7.29. The zero-order valence-electron chi connectivity index (χ0n) is 34.0. The molecule has 19 heteroatoms. The van der Waals surface area contributed by atoms with E-state index >= 15 is 4.79 Å². The number of hydrogen-bond acceptors (Lipinski definition) is 15. The highest BCUT2D eigenvalue weighted by molar-refractivity contribution is 6.30. The van der Waals surface area contributed by atoms with Crippen LogP contribution < -0.4 is 5.32 Å². The lowest BCUT2D eigenvalue weighted by atomic mass is 9.44. The van der Waals surface area contributed by atoms with Crippen LogP contribution in [0.4, 0.5) is 13.6 Å². The maximum atomic E-state index is 15.3. The Morgan fingerprint density at radius 2 is 1.68 bits per heavy atom. The molecule has 5 rings (SSSR count). The summed E-state index contributed by atoms with van der Waals surface area (Å²) in [6.45, 7) is 11.6. The molecule has 2 saturated carbocycles. The minimum absolute atomic E-state index is 0.0275. The number of hydrogen-bond donors (Lipinski definition) is 4. The van der Waals surface area contributed by atoms with Gasteiger partial charge in [-0.25, -0.2) is 23.2 Å². The molecule has 0 radical (unpaired) electrons. The number of carbonyl (C=O) groups excluding carboxylic acids is 6. The number of ketones is 1. The second-order valence-electron chi connectivity index (χ2n) is 17.3. The van der Waals surface area contributed by atoms with Gasteiger partial charge in [-0.3, -0.25) is 14.4 Å². The molecule has 1 aliphatic heterocycles. The molecule has 11 atom stereocenters. The minimum atomic E-state index is -3.53. The van der Waals surface area contributed by atoms with Gasteiger partial charge in [-0.1, -0.05) is 31.5 Å². The van der Waals surface area contributed by atoms with Crippen LogP contribution >= 0.6 is 11.6 Å². The summed E-state index contributed by atoms with van der Waals surface area (Å²) in [7, 11) is 0. The lowest BCUT2D eigenvalue weighted by Gasteiger charge is -2.67. The lowest BCUT2D eigenvalue weighted by molar-refractivity contribution is -0.346. The van der Waals surface area contributed by atoms with Gasteiger partial charge >= 0.3 is 30.0 Å². The smallest absolute Gasteiger partial charge is 0.408 e. The Balaban J connectivity index is 1.74. The molecule has 0 unspecified atom stereocenters. The van der Waals surface area contributed by atoms with Crippen molar-refractivity contribution in [3.05, 3.63) is 46.0 Å². The van der Waals surface area contributed by atoms with Gasteiger partial charge in [-0.2, -0.15) is 0 Å². The van der Waals surface area contributed by atoms with Gasteiger partial charge in [-0.15, -0.1) is 0 Å². The number of ether oxygens (including phenoxy) is 6. The first-order chi connectivity index (χ1) is 27.1. The number of esters is 4. The normalized spacial score (nSPS) is 33.4. The summed E-state index contributed by atoms with van der Waals surface area (Å²) in [6.07, 6.45) is -17.1. The largest absolute Gasteiger partial charge is 0.456 e. The van der Waals surface area contributed by atoms with Crippen molar-refractivity contribution < 1.29 is 81.3 Å². The Morgan fingerprint density at radius 1 is 1.03 bits per heavy atom. The Labute approximate surface area is 343 Å². The van der Waals surface area contributed by atoms with Crippen LogP contribution in [0.2, 0.25) is 5.02 Å². The maximum Gasteiger partial charge on any atom is 0.408 e. The molecule has 1 aromatic rings. The summed E-state index contributed by atoms with van der Waals surface area (Å²) in [5.41, 5.74) is -9.83. The molecule has 2 bridgehead atoms. The van der Waals surface area contributed by atoms with Gasteiger partial charge in [-0.05, 0) is 64.0 Å². The predicted molar refractivity (Wildman–Crippen MR) is 199 cm³/mol. The standard InChI is InChI=1S/C40H50ClF2NO15/c1-17-22(56-34(51)27(48)26(32(42)43)44-35(52)59-36(4,5)6)15-40(53)31(57-33(50)20-11-10-12-21(41)13-20)29-38(9,23(47)14-24-39(29,16-54-24)58-19(3)46)30(49)28(55-18(2)45)25(17)37(40,7)8/h10-13,22-24,26-29,31-32,47-48,53H,14-16H2,1-9H3,(H,44,52)/t22-,23-,24+,26+,27+,28+,29-,31-,38+,39-,40+/m0/s1. The van der Waals surface area contributed by atoms with E-state index in [2.05, 4.69) is 0 Å². The van der Waals surface area contributed by atoms with E-state index in [0.717, 1.165) is 13.8 Å². The van der Waals surface area contributed by atoms with Gasteiger partial charge in [0.25, 0.3) is 6.43 Å². The Kier molecular flexibility index (Phi) is 12.4. The highest BCUT2D eigenvalue weighted by Crippen LogP contribution is 2.64. The molecule has 3 fully saturated rings. The Morgan fingerprint density at radius 3 is 2.20 bits per heavy atom. The van der Waals surface area contributed by atoms with Gasteiger partial charge in [0.1, 0.15) is 35.6 Å². The average Bonchev–Trinajstić information content (AvgIpc) is 3.10. The molecular formula is C40H50ClF2NO15. The van der Waals surface area contributed by atoms with Crippen molar-refractivity contribution in [2.24, 2.45) is 16.7 Å². The number of carbonyl (C=O) groups is 6. The van der Waals surface area contributed by atoms with E-state index < -0.39 is 131 Å². The highest BCUT2D eigenvalue weighted by Gasteiger charge is 2.78. The minimum Gasteiger partial charge on any atom is -0.456 e.